The summed E-state index contributed by atoms with van der Waals surface area (Å²) in [5.41, 5.74) is 8.08. The van der Waals surface area contributed by atoms with Gasteiger partial charge in [-0.3, -0.25) is 0 Å². The van der Waals surface area contributed by atoms with Crippen LogP contribution in [-0.2, 0) is 5.60 Å². The first kappa shape index (κ1) is 20.0. The zero-order valence-electron chi connectivity index (χ0n) is 15.8. The maximum absolute atomic E-state index is 11.0. The molecule has 0 atom stereocenters. The van der Waals surface area contributed by atoms with Crippen LogP contribution in [-0.4, -0.2) is 31.3 Å². The number of nitrogens with two attached hydrogens (primary N) is 1. The Morgan fingerprint density at radius 3 is 2.26 bits per heavy atom. The topological polar surface area (TPSA) is 61.5 Å². The van der Waals surface area contributed by atoms with Crippen molar-refractivity contribution in [2.24, 2.45) is 5.73 Å². The average molecular weight is 388 g/mol. The summed E-state index contributed by atoms with van der Waals surface area (Å²) in [4.78, 5) is 2.34. The fourth-order valence-electron chi connectivity index (χ4n) is 3.65. The van der Waals surface area contributed by atoms with Gasteiger partial charge in [-0.15, -0.1) is 0 Å². The third-order valence-corrected chi connectivity index (χ3v) is 5.67. The van der Waals surface area contributed by atoms with Crippen molar-refractivity contribution in [3.63, 3.8) is 0 Å². The van der Waals surface area contributed by atoms with Gasteiger partial charge < -0.3 is 21.1 Å². The van der Waals surface area contributed by atoms with Crippen molar-refractivity contribution in [1.82, 2.24) is 0 Å². The van der Waals surface area contributed by atoms with E-state index in [1.165, 1.54) is 12.1 Å². The number of anilines is 2. The number of benzene rings is 2. The summed E-state index contributed by atoms with van der Waals surface area (Å²) in [5, 5.41) is 15.2. The Morgan fingerprint density at radius 1 is 0.963 bits per heavy atom. The van der Waals surface area contributed by atoms with Crippen molar-refractivity contribution < 1.29 is 5.11 Å². The summed E-state index contributed by atoms with van der Waals surface area (Å²) in [7, 11) is 0. The molecule has 3 rings (SSSR count). The van der Waals surface area contributed by atoms with Crippen LogP contribution >= 0.6 is 11.6 Å². The summed E-state index contributed by atoms with van der Waals surface area (Å²) >= 11 is 5.97. The van der Waals surface area contributed by atoms with Gasteiger partial charge in [-0.2, -0.15) is 0 Å². The molecule has 0 aliphatic carbocycles. The molecule has 146 valence electrons. The van der Waals surface area contributed by atoms with Crippen LogP contribution in [0.1, 0.15) is 37.7 Å². The monoisotopic (exact) mass is 387 g/mol. The zero-order chi connectivity index (χ0) is 19.1. The van der Waals surface area contributed by atoms with Crippen LogP contribution < -0.4 is 16.0 Å². The second-order valence-electron chi connectivity index (χ2n) is 7.35. The van der Waals surface area contributed by atoms with Crippen molar-refractivity contribution in [1.29, 1.82) is 0 Å². The highest BCUT2D eigenvalue weighted by atomic mass is 35.5. The van der Waals surface area contributed by atoms with Gasteiger partial charge in [0.1, 0.15) is 0 Å². The molecule has 4 nitrogen and oxygen atoms in total. The molecular weight excluding hydrogens is 358 g/mol. The normalized spacial score (nSPS) is 16.3. The van der Waals surface area contributed by atoms with Gasteiger partial charge in [0, 0.05) is 36.0 Å². The SMILES string of the molecule is NCCCCCNc1ccc(N2CCC(O)(c3ccc(Cl)cc3)CC2)cc1. The molecule has 1 heterocycles. The number of rotatable bonds is 8. The second kappa shape index (κ2) is 9.45. The Balaban J connectivity index is 1.51. The lowest BCUT2D eigenvalue weighted by Gasteiger charge is -2.39. The lowest BCUT2D eigenvalue weighted by molar-refractivity contribution is 0.0118. The van der Waals surface area contributed by atoms with E-state index in [2.05, 4.69) is 34.5 Å². The molecule has 0 radical (unpaired) electrons. The first-order chi connectivity index (χ1) is 13.1. The van der Waals surface area contributed by atoms with Gasteiger partial charge in [-0.25, -0.2) is 0 Å². The molecule has 5 heteroatoms. The summed E-state index contributed by atoms with van der Waals surface area (Å²) < 4.78 is 0. The highest BCUT2D eigenvalue weighted by Crippen LogP contribution is 2.35. The van der Waals surface area contributed by atoms with Crippen molar-refractivity contribution in [3.8, 4) is 0 Å². The van der Waals surface area contributed by atoms with E-state index < -0.39 is 5.60 Å². The van der Waals surface area contributed by atoms with E-state index in [0.29, 0.717) is 5.02 Å². The Morgan fingerprint density at radius 2 is 1.63 bits per heavy atom. The standard InChI is InChI=1S/C22H30ClN3O/c23-19-6-4-18(5-7-19)22(27)12-16-26(17-13-22)21-10-8-20(9-11-21)25-15-3-1-2-14-24/h4-11,25,27H,1-3,12-17,24H2. The predicted molar refractivity (Wildman–Crippen MR) is 115 cm³/mol. The van der Waals surface area contributed by atoms with Gasteiger partial charge in [0.2, 0.25) is 0 Å². The molecule has 4 N–H and O–H groups in total. The Labute approximate surface area is 167 Å². The number of aliphatic hydroxyl groups is 1. The van der Waals surface area contributed by atoms with E-state index in [9.17, 15) is 5.11 Å². The van der Waals surface area contributed by atoms with E-state index >= 15 is 0 Å². The summed E-state index contributed by atoms with van der Waals surface area (Å²) in [5.74, 6) is 0. The first-order valence-electron chi connectivity index (χ1n) is 9.88. The van der Waals surface area contributed by atoms with E-state index in [1.807, 2.05) is 24.3 Å². The fourth-order valence-corrected chi connectivity index (χ4v) is 3.78. The molecule has 0 unspecified atom stereocenters. The maximum atomic E-state index is 11.0. The molecule has 0 saturated carbocycles. The number of nitrogens with one attached hydrogen (secondary N) is 1. The molecule has 1 saturated heterocycles. The minimum Gasteiger partial charge on any atom is -0.385 e. The average Bonchev–Trinajstić information content (AvgIpc) is 2.69. The van der Waals surface area contributed by atoms with Gasteiger partial charge >= 0.3 is 0 Å². The summed E-state index contributed by atoms with van der Waals surface area (Å²) in [6, 6.07) is 16.2. The summed E-state index contributed by atoms with van der Waals surface area (Å²) in [6.45, 7) is 3.44. The molecular formula is C22H30ClN3O. The molecule has 0 bridgehead atoms. The number of nitrogens with zero attached hydrogens (tertiary/aromatic N) is 1. The second-order valence-corrected chi connectivity index (χ2v) is 7.78. The first-order valence-corrected chi connectivity index (χ1v) is 10.3. The Kier molecular flexibility index (Phi) is 7.00. The minimum atomic E-state index is -0.758. The molecule has 1 fully saturated rings. The minimum absolute atomic E-state index is 0.702. The fraction of sp³-hybridized carbons (Fsp3) is 0.455. The van der Waals surface area contributed by atoms with Gasteiger partial charge in [0.05, 0.1) is 5.60 Å². The largest absolute Gasteiger partial charge is 0.385 e. The molecule has 27 heavy (non-hydrogen) atoms. The van der Waals surface area contributed by atoms with Gasteiger partial charge in [-0.05, 0) is 74.2 Å². The predicted octanol–water partition coefficient (Wildman–Crippen LogP) is 4.37. The lowest BCUT2D eigenvalue weighted by atomic mass is 9.84. The van der Waals surface area contributed by atoms with Crippen molar-refractivity contribution in [2.45, 2.75) is 37.7 Å². The molecule has 1 aliphatic heterocycles. The number of unbranched alkanes of at least 4 members (excludes halogenated alkanes) is 2. The van der Waals surface area contributed by atoms with Crippen LogP contribution in [0.4, 0.5) is 11.4 Å². The van der Waals surface area contributed by atoms with E-state index in [4.69, 9.17) is 17.3 Å². The summed E-state index contributed by atoms with van der Waals surface area (Å²) in [6.07, 6.45) is 4.85. The lowest BCUT2D eigenvalue weighted by Crippen LogP contribution is -2.42. The van der Waals surface area contributed by atoms with Crippen molar-refractivity contribution in [3.05, 3.63) is 59.1 Å². The van der Waals surface area contributed by atoms with Gasteiger partial charge in [-0.1, -0.05) is 30.2 Å². The van der Waals surface area contributed by atoms with Crippen LogP contribution in [0.5, 0.6) is 0 Å². The number of hydrogen-bond donors (Lipinski definition) is 3. The van der Waals surface area contributed by atoms with Crippen LogP contribution in [0.15, 0.2) is 48.5 Å². The van der Waals surface area contributed by atoms with E-state index in [0.717, 1.165) is 63.1 Å². The van der Waals surface area contributed by atoms with E-state index in [1.54, 1.807) is 0 Å². The molecule has 0 aromatic heterocycles. The third kappa shape index (κ3) is 5.38. The quantitative estimate of drug-likeness (QED) is 0.588. The van der Waals surface area contributed by atoms with Crippen LogP contribution in [0.25, 0.3) is 0 Å². The van der Waals surface area contributed by atoms with Crippen LogP contribution in [0.3, 0.4) is 0 Å². The molecule has 2 aromatic carbocycles. The highest BCUT2D eigenvalue weighted by molar-refractivity contribution is 6.30. The maximum Gasteiger partial charge on any atom is 0.0930 e. The van der Waals surface area contributed by atoms with Crippen molar-refractivity contribution >= 4 is 23.0 Å². The van der Waals surface area contributed by atoms with Crippen molar-refractivity contribution in [2.75, 3.05) is 36.4 Å². The highest BCUT2D eigenvalue weighted by Gasteiger charge is 2.33. The Bertz CT molecular complexity index is 695. The number of hydrogen-bond acceptors (Lipinski definition) is 4. The van der Waals surface area contributed by atoms with Gasteiger partial charge in [0.25, 0.3) is 0 Å². The molecule has 0 amide bonds. The van der Waals surface area contributed by atoms with Gasteiger partial charge in [0.15, 0.2) is 0 Å². The molecule has 1 aliphatic rings. The molecule has 0 spiro atoms. The van der Waals surface area contributed by atoms with Crippen LogP contribution in [0.2, 0.25) is 5.02 Å². The van der Waals surface area contributed by atoms with E-state index in [-0.39, 0.29) is 0 Å². The zero-order valence-corrected chi connectivity index (χ0v) is 16.6. The van der Waals surface area contributed by atoms with Crippen LogP contribution in [0, 0.1) is 0 Å². The third-order valence-electron chi connectivity index (χ3n) is 5.41. The number of halogens is 1. The molecule has 2 aromatic rings. The Hall–Kier alpha value is -1.75. The number of piperidine rings is 1. The smallest absolute Gasteiger partial charge is 0.0930 e.